The summed E-state index contributed by atoms with van der Waals surface area (Å²) in [5, 5.41) is 9.44. The van der Waals surface area contributed by atoms with Crippen LogP contribution in [-0.4, -0.2) is 16.7 Å². The molecule has 16 heavy (non-hydrogen) atoms. The molecule has 0 aromatic heterocycles. The van der Waals surface area contributed by atoms with Gasteiger partial charge >= 0.3 is 5.97 Å². The van der Waals surface area contributed by atoms with E-state index in [1.165, 1.54) is 6.07 Å². The van der Waals surface area contributed by atoms with E-state index in [0.717, 1.165) is 5.56 Å². The summed E-state index contributed by atoms with van der Waals surface area (Å²) in [4.78, 5) is 11.0. The van der Waals surface area contributed by atoms with Crippen molar-refractivity contribution in [3.8, 4) is 5.75 Å². The Kier molecular flexibility index (Phi) is 3.41. The first-order valence-electron chi connectivity index (χ1n) is 4.64. The second-order valence-electron chi connectivity index (χ2n) is 4.29. The number of hydrogen-bond acceptors (Lipinski definition) is 2. The second kappa shape index (κ2) is 4.15. The predicted octanol–water partition coefficient (Wildman–Crippen LogP) is 3.17. The minimum Gasteiger partial charge on any atom is -0.486 e. The number of ether oxygens (including phenoxy) is 1. The molecule has 2 rings (SSSR count). The molecule has 3 nitrogen and oxygen atoms in total. The van der Waals surface area contributed by atoms with Gasteiger partial charge in [-0.2, -0.15) is 0 Å². The first-order chi connectivity index (χ1) is 6.89. The molecule has 0 unspecified atom stereocenters. The van der Waals surface area contributed by atoms with Gasteiger partial charge in [0.1, 0.15) is 16.9 Å². The zero-order chi connectivity index (χ0) is 11.2. The standard InChI is InChI=1S/C11H11ClO3.ClH/c1-11(2)5-6-3-7(12)4-8(10(13)14)9(6)15-11;/h3-4H,5H2,1-2H3,(H,13,14);1H. The van der Waals surface area contributed by atoms with Crippen LogP contribution < -0.4 is 4.74 Å². The van der Waals surface area contributed by atoms with E-state index in [1.807, 2.05) is 13.8 Å². The van der Waals surface area contributed by atoms with Crippen molar-refractivity contribution in [2.24, 2.45) is 0 Å². The van der Waals surface area contributed by atoms with Gasteiger partial charge in [-0.15, -0.1) is 12.4 Å². The molecule has 0 fully saturated rings. The molecule has 0 saturated carbocycles. The molecule has 1 aromatic carbocycles. The normalized spacial score (nSPS) is 15.9. The van der Waals surface area contributed by atoms with Crippen LogP contribution in [0, 0.1) is 0 Å². The first-order valence-corrected chi connectivity index (χ1v) is 5.01. The van der Waals surface area contributed by atoms with Crippen LogP contribution in [0.3, 0.4) is 0 Å². The number of benzene rings is 1. The zero-order valence-electron chi connectivity index (χ0n) is 8.91. The third-order valence-corrected chi connectivity index (χ3v) is 2.57. The number of rotatable bonds is 1. The lowest BCUT2D eigenvalue weighted by Gasteiger charge is -2.17. The van der Waals surface area contributed by atoms with E-state index in [2.05, 4.69) is 0 Å². The summed E-state index contributed by atoms with van der Waals surface area (Å²) in [6.07, 6.45) is 0.684. The van der Waals surface area contributed by atoms with E-state index in [4.69, 9.17) is 21.4 Å². The van der Waals surface area contributed by atoms with Gasteiger partial charge < -0.3 is 9.84 Å². The lowest BCUT2D eigenvalue weighted by molar-refractivity contribution is 0.0685. The number of carboxylic acid groups (broad SMARTS) is 1. The molecule has 5 heteroatoms. The molecule has 0 atom stereocenters. The van der Waals surface area contributed by atoms with Gasteiger partial charge in [-0.05, 0) is 26.0 Å². The van der Waals surface area contributed by atoms with E-state index in [-0.39, 0.29) is 23.6 Å². The van der Waals surface area contributed by atoms with E-state index in [9.17, 15) is 4.79 Å². The molecule has 1 heterocycles. The Bertz CT molecular complexity index is 441. The Labute approximate surface area is 105 Å². The van der Waals surface area contributed by atoms with Crippen LogP contribution in [0.25, 0.3) is 0 Å². The summed E-state index contributed by atoms with van der Waals surface area (Å²) in [7, 11) is 0. The van der Waals surface area contributed by atoms with Gasteiger partial charge in [-0.3, -0.25) is 0 Å². The van der Waals surface area contributed by atoms with Gasteiger partial charge in [0, 0.05) is 17.0 Å². The molecule has 1 aliphatic rings. The maximum Gasteiger partial charge on any atom is 0.339 e. The molecule has 0 bridgehead atoms. The van der Waals surface area contributed by atoms with Crippen LogP contribution >= 0.6 is 24.0 Å². The molecule has 1 N–H and O–H groups in total. The molecule has 0 amide bonds. The zero-order valence-corrected chi connectivity index (χ0v) is 10.5. The minimum atomic E-state index is -1.01. The van der Waals surface area contributed by atoms with Crippen LogP contribution in [0.2, 0.25) is 5.02 Å². The van der Waals surface area contributed by atoms with Gasteiger partial charge in [0.25, 0.3) is 0 Å². The average molecular weight is 263 g/mol. The largest absolute Gasteiger partial charge is 0.486 e. The first kappa shape index (κ1) is 13.1. The Hall–Kier alpha value is -0.930. The Morgan fingerprint density at radius 3 is 2.69 bits per heavy atom. The Morgan fingerprint density at radius 2 is 2.12 bits per heavy atom. The quantitative estimate of drug-likeness (QED) is 0.846. The van der Waals surface area contributed by atoms with Gasteiger partial charge in [-0.1, -0.05) is 11.6 Å². The highest BCUT2D eigenvalue weighted by atomic mass is 35.5. The fourth-order valence-corrected chi connectivity index (χ4v) is 2.07. The molecule has 0 radical (unpaired) electrons. The van der Waals surface area contributed by atoms with Crippen molar-refractivity contribution < 1.29 is 14.6 Å². The summed E-state index contributed by atoms with van der Waals surface area (Å²) < 4.78 is 5.60. The average Bonchev–Trinajstić information content (AvgIpc) is 2.36. The summed E-state index contributed by atoms with van der Waals surface area (Å²) in [5.74, 6) is -0.552. The van der Waals surface area contributed by atoms with Crippen molar-refractivity contribution in [1.29, 1.82) is 0 Å². The Morgan fingerprint density at radius 1 is 1.50 bits per heavy atom. The number of hydrogen-bond donors (Lipinski definition) is 1. The van der Waals surface area contributed by atoms with E-state index < -0.39 is 5.97 Å². The molecule has 1 aliphatic heterocycles. The van der Waals surface area contributed by atoms with E-state index in [1.54, 1.807) is 6.07 Å². The molecule has 88 valence electrons. The summed E-state index contributed by atoms with van der Waals surface area (Å²) >= 11 is 5.85. The highest BCUT2D eigenvalue weighted by molar-refractivity contribution is 6.31. The van der Waals surface area contributed by atoms with Gasteiger partial charge in [0.05, 0.1) is 0 Å². The van der Waals surface area contributed by atoms with Crippen molar-refractivity contribution in [1.82, 2.24) is 0 Å². The van der Waals surface area contributed by atoms with Crippen LogP contribution in [0.1, 0.15) is 29.8 Å². The highest BCUT2D eigenvalue weighted by Gasteiger charge is 2.33. The molecular formula is C11H12Cl2O3. The Balaban J connectivity index is 0.00000128. The fourth-order valence-electron chi connectivity index (χ4n) is 1.83. The van der Waals surface area contributed by atoms with Crippen LogP contribution in [0.5, 0.6) is 5.75 Å². The van der Waals surface area contributed by atoms with Crippen molar-refractivity contribution in [2.45, 2.75) is 25.9 Å². The number of aromatic carboxylic acids is 1. The fraction of sp³-hybridized carbons (Fsp3) is 0.364. The SMILES string of the molecule is CC1(C)Cc2cc(Cl)cc(C(=O)O)c2O1.Cl. The second-order valence-corrected chi connectivity index (χ2v) is 4.72. The molecular weight excluding hydrogens is 251 g/mol. The van der Waals surface area contributed by atoms with E-state index >= 15 is 0 Å². The molecule has 0 saturated heterocycles. The van der Waals surface area contributed by atoms with Crippen LogP contribution in [0.15, 0.2) is 12.1 Å². The van der Waals surface area contributed by atoms with Crippen molar-refractivity contribution in [2.75, 3.05) is 0 Å². The summed E-state index contributed by atoms with van der Waals surface area (Å²) in [5.41, 5.74) is 0.657. The molecule has 0 aliphatic carbocycles. The third kappa shape index (κ3) is 2.25. The van der Waals surface area contributed by atoms with Gasteiger partial charge in [0.2, 0.25) is 0 Å². The lowest BCUT2D eigenvalue weighted by Crippen LogP contribution is -2.25. The van der Waals surface area contributed by atoms with Crippen molar-refractivity contribution in [3.63, 3.8) is 0 Å². The lowest BCUT2D eigenvalue weighted by atomic mass is 10.0. The van der Waals surface area contributed by atoms with Crippen molar-refractivity contribution in [3.05, 3.63) is 28.3 Å². The number of fused-ring (bicyclic) bond motifs is 1. The van der Waals surface area contributed by atoms with Gasteiger partial charge in [-0.25, -0.2) is 4.79 Å². The van der Waals surface area contributed by atoms with E-state index in [0.29, 0.717) is 17.2 Å². The summed E-state index contributed by atoms with van der Waals surface area (Å²) in [6.45, 7) is 3.85. The van der Waals surface area contributed by atoms with Crippen molar-refractivity contribution >= 4 is 30.0 Å². The number of carboxylic acids is 1. The minimum absolute atomic E-state index is 0. The van der Waals surface area contributed by atoms with Gasteiger partial charge in [0.15, 0.2) is 0 Å². The van der Waals surface area contributed by atoms with Crippen LogP contribution in [-0.2, 0) is 6.42 Å². The molecule has 0 spiro atoms. The predicted molar refractivity (Wildman–Crippen MR) is 64.1 cm³/mol. The highest BCUT2D eigenvalue weighted by Crippen LogP contribution is 2.39. The van der Waals surface area contributed by atoms with Crippen LogP contribution in [0.4, 0.5) is 0 Å². The maximum atomic E-state index is 11.0. The number of carbonyl (C=O) groups is 1. The number of halogens is 2. The monoisotopic (exact) mass is 262 g/mol. The molecule has 1 aromatic rings. The maximum absolute atomic E-state index is 11.0. The summed E-state index contributed by atoms with van der Waals surface area (Å²) in [6, 6.07) is 3.18. The third-order valence-electron chi connectivity index (χ3n) is 2.36. The topological polar surface area (TPSA) is 46.5 Å². The smallest absolute Gasteiger partial charge is 0.339 e.